The average molecular weight is 135 g/mol. The molecule has 0 amide bonds. The van der Waals surface area contributed by atoms with Gasteiger partial charge in [0, 0.05) is 0 Å². The van der Waals surface area contributed by atoms with Crippen molar-refractivity contribution in [1.82, 2.24) is 0 Å². The van der Waals surface area contributed by atoms with Gasteiger partial charge in [-0.15, -0.1) is 0 Å². The van der Waals surface area contributed by atoms with E-state index in [0.29, 0.717) is 0 Å². The van der Waals surface area contributed by atoms with Crippen molar-refractivity contribution >= 4 is 6.72 Å². The highest BCUT2D eigenvalue weighted by Crippen LogP contribution is 1.97. The molecule has 0 saturated carbocycles. The van der Waals surface area contributed by atoms with Crippen LogP contribution in [0.25, 0.3) is 0 Å². The topological polar surface area (TPSA) is 12.4 Å². The Labute approximate surface area is 62.5 Å². The van der Waals surface area contributed by atoms with Gasteiger partial charge in [-0.3, -0.25) is 4.99 Å². The molecule has 0 aliphatic heterocycles. The molecule has 1 heteroatoms. The molecule has 0 aliphatic carbocycles. The molecule has 0 aromatic heterocycles. The van der Waals surface area contributed by atoms with Crippen LogP contribution < -0.4 is 0 Å². The fourth-order valence-electron chi connectivity index (χ4n) is 0.527. The van der Waals surface area contributed by atoms with Crippen LogP contribution >= 0.6 is 0 Å². The highest BCUT2D eigenvalue weighted by Gasteiger charge is 1.78. The molecular weight excluding hydrogens is 122 g/mol. The van der Waals surface area contributed by atoms with Crippen molar-refractivity contribution in [3.8, 4) is 0 Å². The molecule has 0 saturated heterocycles. The van der Waals surface area contributed by atoms with Crippen LogP contribution in [0, 0.1) is 0 Å². The summed E-state index contributed by atoms with van der Waals surface area (Å²) in [6.45, 7) is 7.35. The van der Waals surface area contributed by atoms with Gasteiger partial charge in [0.2, 0.25) is 0 Å². The molecule has 54 valence electrons. The first kappa shape index (κ1) is 8.89. The number of allylic oxidation sites excluding steroid dienone is 5. The van der Waals surface area contributed by atoms with Crippen LogP contribution in [0.15, 0.2) is 41.1 Å². The van der Waals surface area contributed by atoms with Crippen LogP contribution in [0.3, 0.4) is 0 Å². The van der Waals surface area contributed by atoms with Crippen molar-refractivity contribution in [3.05, 3.63) is 36.1 Å². The summed E-state index contributed by atoms with van der Waals surface area (Å²) < 4.78 is 0. The molecule has 0 rings (SSSR count). The standard InChI is InChI=1S/C9H13N/c1-4-6-8-9(10-3)7-5-2/h4-8H,3H2,1-2H3/b6-4-,7-5-,9-8+. The number of nitrogens with zero attached hydrogens (tertiary/aromatic N) is 1. The molecule has 0 aliphatic rings. The van der Waals surface area contributed by atoms with Gasteiger partial charge < -0.3 is 0 Å². The zero-order valence-electron chi connectivity index (χ0n) is 6.54. The highest BCUT2D eigenvalue weighted by atomic mass is 14.7. The van der Waals surface area contributed by atoms with Crippen LogP contribution in [0.5, 0.6) is 0 Å². The summed E-state index contributed by atoms with van der Waals surface area (Å²) in [5, 5.41) is 0. The van der Waals surface area contributed by atoms with E-state index < -0.39 is 0 Å². The van der Waals surface area contributed by atoms with Crippen molar-refractivity contribution < 1.29 is 0 Å². The molecule has 0 fully saturated rings. The van der Waals surface area contributed by atoms with Crippen molar-refractivity contribution in [1.29, 1.82) is 0 Å². The van der Waals surface area contributed by atoms with Gasteiger partial charge in [-0.25, -0.2) is 0 Å². The normalized spacial score (nSPS) is 13.2. The Morgan fingerprint density at radius 1 is 1.30 bits per heavy atom. The lowest BCUT2D eigenvalue weighted by atomic mass is 10.3. The van der Waals surface area contributed by atoms with Gasteiger partial charge in [-0.2, -0.15) is 0 Å². The Balaban J connectivity index is 4.17. The van der Waals surface area contributed by atoms with E-state index in [0.717, 1.165) is 5.70 Å². The first-order chi connectivity index (χ1) is 4.85. The summed E-state index contributed by atoms with van der Waals surface area (Å²) >= 11 is 0. The highest BCUT2D eigenvalue weighted by molar-refractivity contribution is 5.34. The third-order valence-corrected chi connectivity index (χ3v) is 0.979. The minimum absolute atomic E-state index is 0.889. The lowest BCUT2D eigenvalue weighted by Gasteiger charge is -1.86. The van der Waals surface area contributed by atoms with Crippen LogP contribution in [0.4, 0.5) is 0 Å². The predicted molar refractivity (Wildman–Crippen MR) is 47.3 cm³/mol. The Kier molecular flexibility index (Phi) is 5.35. The van der Waals surface area contributed by atoms with Gasteiger partial charge in [0.25, 0.3) is 0 Å². The first-order valence-electron chi connectivity index (χ1n) is 3.27. The second kappa shape index (κ2) is 6.02. The lowest BCUT2D eigenvalue weighted by molar-refractivity contribution is 1.42. The Hall–Kier alpha value is -1.11. The van der Waals surface area contributed by atoms with E-state index in [4.69, 9.17) is 0 Å². The van der Waals surface area contributed by atoms with E-state index >= 15 is 0 Å². The second-order valence-corrected chi connectivity index (χ2v) is 1.78. The molecule has 0 unspecified atom stereocenters. The van der Waals surface area contributed by atoms with E-state index in [2.05, 4.69) is 11.7 Å². The lowest BCUT2D eigenvalue weighted by Crippen LogP contribution is -1.66. The molecule has 10 heavy (non-hydrogen) atoms. The molecular formula is C9H13N. The smallest absolute Gasteiger partial charge is 0.0618 e. The van der Waals surface area contributed by atoms with Crippen molar-refractivity contribution in [2.24, 2.45) is 4.99 Å². The molecule has 0 spiro atoms. The monoisotopic (exact) mass is 135 g/mol. The first-order valence-corrected chi connectivity index (χ1v) is 3.27. The molecule has 0 aromatic carbocycles. The number of aliphatic imine (C=N–C) groups is 1. The maximum Gasteiger partial charge on any atom is 0.0618 e. The maximum atomic E-state index is 3.79. The Morgan fingerprint density at radius 3 is 2.40 bits per heavy atom. The van der Waals surface area contributed by atoms with Gasteiger partial charge >= 0.3 is 0 Å². The van der Waals surface area contributed by atoms with Crippen molar-refractivity contribution in [2.45, 2.75) is 13.8 Å². The van der Waals surface area contributed by atoms with Crippen LogP contribution in [0.1, 0.15) is 13.8 Å². The molecule has 0 N–H and O–H groups in total. The largest absolute Gasteiger partial charge is 0.265 e. The Bertz CT molecular complexity index is 173. The SMILES string of the molecule is C=NC(/C=C\C)=C/C=C\C. The van der Waals surface area contributed by atoms with Gasteiger partial charge in [0.1, 0.15) is 0 Å². The van der Waals surface area contributed by atoms with Crippen LogP contribution in [0.2, 0.25) is 0 Å². The molecule has 0 bridgehead atoms. The number of hydrogen-bond donors (Lipinski definition) is 0. The van der Waals surface area contributed by atoms with Gasteiger partial charge in [-0.1, -0.05) is 18.2 Å². The minimum atomic E-state index is 0.889. The molecule has 0 radical (unpaired) electrons. The molecule has 1 nitrogen and oxygen atoms in total. The summed E-state index contributed by atoms with van der Waals surface area (Å²) in [6, 6.07) is 0. The average Bonchev–Trinajstić information content (AvgIpc) is 1.98. The van der Waals surface area contributed by atoms with Crippen LogP contribution in [-0.2, 0) is 0 Å². The van der Waals surface area contributed by atoms with Crippen molar-refractivity contribution in [2.75, 3.05) is 0 Å². The van der Waals surface area contributed by atoms with E-state index in [1.807, 2.05) is 44.2 Å². The van der Waals surface area contributed by atoms with Gasteiger partial charge in [0.15, 0.2) is 0 Å². The van der Waals surface area contributed by atoms with E-state index in [-0.39, 0.29) is 0 Å². The number of rotatable bonds is 3. The summed E-state index contributed by atoms with van der Waals surface area (Å²) in [6.07, 6.45) is 9.64. The minimum Gasteiger partial charge on any atom is -0.265 e. The third-order valence-electron chi connectivity index (χ3n) is 0.979. The van der Waals surface area contributed by atoms with E-state index in [1.54, 1.807) is 0 Å². The summed E-state index contributed by atoms with van der Waals surface area (Å²) in [4.78, 5) is 3.79. The van der Waals surface area contributed by atoms with Gasteiger partial charge in [0.05, 0.1) is 5.70 Å². The number of hydrogen-bond acceptors (Lipinski definition) is 1. The second-order valence-electron chi connectivity index (χ2n) is 1.78. The zero-order valence-corrected chi connectivity index (χ0v) is 6.54. The fourth-order valence-corrected chi connectivity index (χ4v) is 0.527. The molecule has 0 atom stereocenters. The van der Waals surface area contributed by atoms with Crippen LogP contribution in [-0.4, -0.2) is 6.72 Å². The molecule has 0 heterocycles. The van der Waals surface area contributed by atoms with Gasteiger partial charge in [-0.05, 0) is 32.7 Å². The quantitative estimate of drug-likeness (QED) is 0.417. The molecule has 0 aromatic rings. The summed E-state index contributed by atoms with van der Waals surface area (Å²) in [5.74, 6) is 0. The third kappa shape index (κ3) is 3.84. The zero-order chi connectivity index (χ0) is 7.82. The van der Waals surface area contributed by atoms with E-state index in [9.17, 15) is 0 Å². The predicted octanol–water partition coefficient (Wildman–Crippen LogP) is 2.72. The summed E-state index contributed by atoms with van der Waals surface area (Å²) in [5.41, 5.74) is 0.889. The fraction of sp³-hybridized carbons (Fsp3) is 0.222. The Morgan fingerprint density at radius 2 is 2.00 bits per heavy atom. The van der Waals surface area contributed by atoms with Crippen molar-refractivity contribution in [3.63, 3.8) is 0 Å². The maximum absolute atomic E-state index is 3.79. The summed E-state index contributed by atoms with van der Waals surface area (Å²) in [7, 11) is 0. The van der Waals surface area contributed by atoms with E-state index in [1.165, 1.54) is 0 Å².